The smallest absolute Gasteiger partial charge is 0.320 e. The van der Waals surface area contributed by atoms with Crippen LogP contribution >= 0.6 is 15.9 Å². The van der Waals surface area contributed by atoms with Crippen LogP contribution < -0.4 is 0 Å². The fourth-order valence-electron chi connectivity index (χ4n) is 1.84. The predicted octanol–water partition coefficient (Wildman–Crippen LogP) is 1.68. The van der Waals surface area contributed by atoms with Crippen LogP contribution in [0.15, 0.2) is 28.7 Å². The van der Waals surface area contributed by atoms with Gasteiger partial charge in [-0.15, -0.1) is 0 Å². The van der Waals surface area contributed by atoms with Gasteiger partial charge in [0.25, 0.3) is 0 Å². The van der Waals surface area contributed by atoms with Crippen LogP contribution in [-0.4, -0.2) is 35.6 Å². The minimum atomic E-state index is -1.62. The molecule has 0 heterocycles. The summed E-state index contributed by atoms with van der Waals surface area (Å²) in [7, 11) is 1.04. The molecule has 1 aromatic rings. The van der Waals surface area contributed by atoms with Gasteiger partial charge in [0.2, 0.25) is 6.54 Å². The molecule has 0 aliphatic carbocycles. The van der Waals surface area contributed by atoms with Crippen LogP contribution in [0.25, 0.3) is 0 Å². The predicted molar refractivity (Wildman–Crippen MR) is 71.9 cm³/mol. The second kappa shape index (κ2) is 6.99. The molecule has 0 aliphatic heterocycles. The second-order valence-corrected chi connectivity index (χ2v) is 4.93. The topological polar surface area (TPSA) is 107 Å². The molecule has 0 saturated heterocycles. The third kappa shape index (κ3) is 4.02. The quantitative estimate of drug-likeness (QED) is 0.364. The summed E-state index contributed by atoms with van der Waals surface area (Å²) >= 11 is 3.21. The Hall–Kier alpha value is -1.96. The number of ether oxygens (including phenoxy) is 1. The van der Waals surface area contributed by atoms with Crippen LogP contribution in [-0.2, 0) is 14.3 Å². The summed E-state index contributed by atoms with van der Waals surface area (Å²) in [6.45, 7) is -0.673. The Balaban J connectivity index is 3.21. The lowest BCUT2D eigenvalue weighted by Crippen LogP contribution is -2.34. The molecule has 1 rings (SSSR count). The summed E-state index contributed by atoms with van der Waals surface area (Å²) in [5.74, 6) is -5.17. The fraction of sp³-hybridized carbons (Fsp3) is 0.333. The number of aliphatic carboxylic acids is 1. The molecule has 1 aromatic carbocycles. The van der Waals surface area contributed by atoms with Gasteiger partial charge in [-0.3, -0.25) is 19.7 Å². The van der Waals surface area contributed by atoms with Gasteiger partial charge in [0.05, 0.1) is 13.0 Å². The molecule has 0 radical (unpaired) electrons. The van der Waals surface area contributed by atoms with Crippen molar-refractivity contribution >= 4 is 27.9 Å². The van der Waals surface area contributed by atoms with Gasteiger partial charge in [0.15, 0.2) is 5.92 Å². The van der Waals surface area contributed by atoms with Crippen molar-refractivity contribution < 1.29 is 24.4 Å². The van der Waals surface area contributed by atoms with Crippen molar-refractivity contribution in [2.24, 2.45) is 5.92 Å². The van der Waals surface area contributed by atoms with Crippen molar-refractivity contribution in [2.45, 2.75) is 5.92 Å². The van der Waals surface area contributed by atoms with E-state index in [0.717, 1.165) is 11.6 Å². The van der Waals surface area contributed by atoms with Gasteiger partial charge in [-0.05, 0) is 17.7 Å². The number of benzene rings is 1. The van der Waals surface area contributed by atoms with Gasteiger partial charge in [-0.1, -0.05) is 28.1 Å². The maximum atomic E-state index is 11.6. The first-order valence-electron chi connectivity index (χ1n) is 5.54. The number of methoxy groups -OCH3 is 1. The Morgan fingerprint density at radius 2 is 1.95 bits per heavy atom. The third-order valence-corrected chi connectivity index (χ3v) is 3.30. The Bertz CT molecular complexity index is 515. The lowest BCUT2D eigenvalue weighted by molar-refractivity contribution is -0.484. The molecule has 0 fully saturated rings. The lowest BCUT2D eigenvalue weighted by Gasteiger charge is -2.19. The Morgan fingerprint density at radius 3 is 2.35 bits per heavy atom. The van der Waals surface area contributed by atoms with Crippen LogP contribution in [0.5, 0.6) is 0 Å². The fourth-order valence-corrected chi connectivity index (χ4v) is 2.10. The number of esters is 1. The van der Waals surface area contributed by atoms with Crippen LogP contribution in [0, 0.1) is 16.0 Å². The summed E-state index contributed by atoms with van der Waals surface area (Å²) in [5.41, 5.74) is 0.391. The third-order valence-electron chi connectivity index (χ3n) is 2.77. The number of nitro groups is 1. The molecule has 0 aliphatic rings. The number of nitrogens with zero attached hydrogens (tertiary/aromatic N) is 1. The number of halogens is 1. The van der Waals surface area contributed by atoms with E-state index in [1.54, 1.807) is 12.1 Å². The second-order valence-electron chi connectivity index (χ2n) is 4.01. The van der Waals surface area contributed by atoms with E-state index in [1.165, 1.54) is 12.1 Å². The van der Waals surface area contributed by atoms with E-state index in [9.17, 15) is 19.7 Å². The monoisotopic (exact) mass is 345 g/mol. The number of hydrogen-bond donors (Lipinski definition) is 1. The molecule has 7 nitrogen and oxygen atoms in total. The first kappa shape index (κ1) is 16.1. The summed E-state index contributed by atoms with van der Waals surface area (Å²) in [6.07, 6.45) is 0. The minimum absolute atomic E-state index is 0.391. The highest BCUT2D eigenvalue weighted by Crippen LogP contribution is 2.28. The Morgan fingerprint density at radius 1 is 1.40 bits per heavy atom. The maximum absolute atomic E-state index is 11.6. The molecule has 0 amide bonds. The first-order chi connectivity index (χ1) is 9.36. The Kier molecular flexibility index (Phi) is 5.63. The van der Waals surface area contributed by atoms with E-state index in [4.69, 9.17) is 5.11 Å². The van der Waals surface area contributed by atoms with E-state index in [1.807, 2.05) is 0 Å². The van der Waals surface area contributed by atoms with E-state index >= 15 is 0 Å². The standard InChI is InChI=1S/C12H12BrNO6/c1-20-12(17)10(11(15)16)9(6-14(18)19)7-2-4-8(13)5-3-7/h2-5,9-10H,6H2,1H3,(H,15,16). The zero-order chi connectivity index (χ0) is 15.3. The SMILES string of the molecule is COC(=O)C(C(=O)O)C(C[N+](=O)[O-])c1ccc(Br)cc1. The highest BCUT2D eigenvalue weighted by Gasteiger charge is 2.39. The number of carboxylic acid groups (broad SMARTS) is 1. The van der Waals surface area contributed by atoms with E-state index < -0.39 is 35.2 Å². The molecular weight excluding hydrogens is 334 g/mol. The molecule has 0 bridgehead atoms. The van der Waals surface area contributed by atoms with Crippen molar-refractivity contribution in [1.29, 1.82) is 0 Å². The zero-order valence-corrected chi connectivity index (χ0v) is 12.1. The van der Waals surface area contributed by atoms with Gasteiger partial charge in [-0.25, -0.2) is 0 Å². The van der Waals surface area contributed by atoms with Crippen molar-refractivity contribution in [1.82, 2.24) is 0 Å². The average Bonchev–Trinajstić information content (AvgIpc) is 2.37. The van der Waals surface area contributed by atoms with E-state index in [-0.39, 0.29) is 0 Å². The largest absolute Gasteiger partial charge is 0.481 e. The van der Waals surface area contributed by atoms with Gasteiger partial charge >= 0.3 is 11.9 Å². The van der Waals surface area contributed by atoms with Gasteiger partial charge in [0, 0.05) is 9.40 Å². The summed E-state index contributed by atoms with van der Waals surface area (Å²) in [6, 6.07) is 6.32. The Labute approximate surface area is 122 Å². The normalized spacial score (nSPS) is 13.3. The molecular formula is C12H12BrNO6. The molecule has 8 heteroatoms. The molecule has 1 N–H and O–H groups in total. The molecule has 0 spiro atoms. The maximum Gasteiger partial charge on any atom is 0.320 e. The molecule has 2 unspecified atom stereocenters. The lowest BCUT2D eigenvalue weighted by atomic mass is 9.86. The number of carbonyl (C=O) groups excluding carboxylic acids is 1. The van der Waals surface area contributed by atoms with Crippen LogP contribution in [0.3, 0.4) is 0 Å². The number of rotatable bonds is 6. The molecule has 2 atom stereocenters. The summed E-state index contributed by atoms with van der Waals surface area (Å²) < 4.78 is 5.17. The van der Waals surface area contributed by atoms with Crippen LogP contribution in [0.2, 0.25) is 0 Å². The average molecular weight is 346 g/mol. The van der Waals surface area contributed by atoms with Crippen molar-refractivity contribution in [3.05, 3.63) is 44.4 Å². The molecule has 0 saturated carbocycles. The highest BCUT2D eigenvalue weighted by molar-refractivity contribution is 9.10. The number of carbonyl (C=O) groups is 2. The van der Waals surface area contributed by atoms with E-state index in [0.29, 0.717) is 5.56 Å². The van der Waals surface area contributed by atoms with Gasteiger partial charge in [-0.2, -0.15) is 0 Å². The zero-order valence-electron chi connectivity index (χ0n) is 10.5. The van der Waals surface area contributed by atoms with E-state index in [2.05, 4.69) is 20.7 Å². The van der Waals surface area contributed by atoms with Crippen molar-refractivity contribution in [2.75, 3.05) is 13.7 Å². The van der Waals surface area contributed by atoms with Crippen molar-refractivity contribution in [3.8, 4) is 0 Å². The van der Waals surface area contributed by atoms with Gasteiger partial charge in [0.1, 0.15) is 0 Å². The molecule has 20 heavy (non-hydrogen) atoms. The molecule has 0 aromatic heterocycles. The first-order valence-corrected chi connectivity index (χ1v) is 6.34. The van der Waals surface area contributed by atoms with Crippen molar-refractivity contribution in [3.63, 3.8) is 0 Å². The number of hydrogen-bond acceptors (Lipinski definition) is 5. The molecule has 108 valence electrons. The van der Waals surface area contributed by atoms with Crippen LogP contribution in [0.4, 0.5) is 0 Å². The minimum Gasteiger partial charge on any atom is -0.481 e. The number of carboxylic acids is 1. The summed E-state index contributed by atoms with van der Waals surface area (Å²) in [4.78, 5) is 32.9. The van der Waals surface area contributed by atoms with Gasteiger partial charge < -0.3 is 9.84 Å². The highest BCUT2D eigenvalue weighted by atomic mass is 79.9. The van der Waals surface area contributed by atoms with Crippen LogP contribution in [0.1, 0.15) is 11.5 Å². The summed E-state index contributed by atoms with van der Waals surface area (Å²) in [5, 5.41) is 19.9.